The Morgan fingerprint density at radius 2 is 1.61 bits per heavy atom. The molecule has 18 heavy (non-hydrogen) atoms. The van der Waals surface area contributed by atoms with Gasteiger partial charge in [-0.3, -0.25) is 0 Å². The molecule has 0 radical (unpaired) electrons. The lowest BCUT2D eigenvalue weighted by Crippen LogP contribution is -2.24. The van der Waals surface area contributed by atoms with Gasteiger partial charge in [0.05, 0.1) is 0 Å². The van der Waals surface area contributed by atoms with Crippen LogP contribution in [0.1, 0.15) is 23.6 Å². The molecular weight excluding hydrogens is 234 g/mol. The SMILES string of the molecule is Cc1ccc(F)c(C(C)(O)c2ccc(F)cc2)c1. The Balaban J connectivity index is 2.53. The van der Waals surface area contributed by atoms with E-state index in [1.807, 2.05) is 6.92 Å². The number of hydrogen-bond acceptors (Lipinski definition) is 1. The summed E-state index contributed by atoms with van der Waals surface area (Å²) in [6.45, 7) is 3.32. The minimum absolute atomic E-state index is 0.189. The lowest BCUT2D eigenvalue weighted by atomic mass is 9.87. The van der Waals surface area contributed by atoms with Gasteiger partial charge < -0.3 is 5.11 Å². The van der Waals surface area contributed by atoms with Gasteiger partial charge in [-0.15, -0.1) is 0 Å². The van der Waals surface area contributed by atoms with Gasteiger partial charge in [0.1, 0.15) is 17.2 Å². The quantitative estimate of drug-likeness (QED) is 0.862. The van der Waals surface area contributed by atoms with Gasteiger partial charge in [0.25, 0.3) is 0 Å². The van der Waals surface area contributed by atoms with Crippen molar-refractivity contribution in [3.05, 3.63) is 70.8 Å². The van der Waals surface area contributed by atoms with Crippen molar-refractivity contribution in [2.24, 2.45) is 0 Å². The molecule has 1 unspecified atom stereocenters. The molecule has 0 amide bonds. The van der Waals surface area contributed by atoms with E-state index in [4.69, 9.17) is 0 Å². The second kappa shape index (κ2) is 4.50. The average Bonchev–Trinajstić information content (AvgIpc) is 2.32. The maximum absolute atomic E-state index is 13.8. The first kappa shape index (κ1) is 12.7. The smallest absolute Gasteiger partial charge is 0.129 e. The molecule has 0 aliphatic heterocycles. The lowest BCUT2D eigenvalue weighted by Gasteiger charge is -2.25. The Labute approximate surface area is 105 Å². The number of aliphatic hydroxyl groups is 1. The molecule has 0 saturated carbocycles. The van der Waals surface area contributed by atoms with Gasteiger partial charge >= 0.3 is 0 Å². The fraction of sp³-hybridized carbons (Fsp3) is 0.200. The minimum Gasteiger partial charge on any atom is -0.381 e. The van der Waals surface area contributed by atoms with Crippen LogP contribution in [0.3, 0.4) is 0 Å². The highest BCUT2D eigenvalue weighted by Gasteiger charge is 2.28. The van der Waals surface area contributed by atoms with Gasteiger partial charge in [-0.25, -0.2) is 8.78 Å². The van der Waals surface area contributed by atoms with Crippen molar-refractivity contribution < 1.29 is 13.9 Å². The third-order valence-electron chi connectivity index (χ3n) is 3.05. The molecule has 2 aromatic rings. The van der Waals surface area contributed by atoms with Crippen LogP contribution in [-0.2, 0) is 5.60 Å². The van der Waals surface area contributed by atoms with Crippen molar-refractivity contribution >= 4 is 0 Å². The Hall–Kier alpha value is -1.74. The molecule has 0 spiro atoms. The first-order valence-electron chi connectivity index (χ1n) is 5.66. The highest BCUT2D eigenvalue weighted by Crippen LogP contribution is 2.31. The van der Waals surface area contributed by atoms with Crippen molar-refractivity contribution in [1.82, 2.24) is 0 Å². The van der Waals surface area contributed by atoms with E-state index >= 15 is 0 Å². The van der Waals surface area contributed by atoms with Gasteiger partial charge in [-0.05, 0) is 43.7 Å². The van der Waals surface area contributed by atoms with Crippen molar-refractivity contribution in [1.29, 1.82) is 0 Å². The van der Waals surface area contributed by atoms with E-state index in [2.05, 4.69) is 0 Å². The summed E-state index contributed by atoms with van der Waals surface area (Å²) in [5, 5.41) is 10.5. The standard InChI is InChI=1S/C15H14F2O/c1-10-3-8-14(17)13(9-10)15(2,18)11-4-6-12(16)7-5-11/h3-9,18H,1-2H3. The highest BCUT2D eigenvalue weighted by molar-refractivity contribution is 5.37. The Kier molecular flexibility index (Phi) is 3.18. The predicted molar refractivity (Wildman–Crippen MR) is 66.2 cm³/mol. The summed E-state index contributed by atoms with van der Waals surface area (Å²) in [6.07, 6.45) is 0. The topological polar surface area (TPSA) is 20.2 Å². The summed E-state index contributed by atoms with van der Waals surface area (Å²) in [7, 11) is 0. The molecular formula is C15H14F2O. The maximum atomic E-state index is 13.8. The molecule has 2 rings (SSSR count). The lowest BCUT2D eigenvalue weighted by molar-refractivity contribution is 0.0978. The zero-order chi connectivity index (χ0) is 13.3. The number of benzene rings is 2. The predicted octanol–water partition coefficient (Wildman–Crippen LogP) is 3.53. The number of aryl methyl sites for hydroxylation is 1. The minimum atomic E-state index is -1.48. The van der Waals surface area contributed by atoms with Crippen molar-refractivity contribution in [2.75, 3.05) is 0 Å². The summed E-state index contributed by atoms with van der Waals surface area (Å²) in [4.78, 5) is 0. The van der Waals surface area contributed by atoms with Crippen LogP contribution < -0.4 is 0 Å². The molecule has 0 aliphatic carbocycles. The Morgan fingerprint density at radius 1 is 1.00 bits per heavy atom. The normalized spacial score (nSPS) is 14.3. The molecule has 0 heterocycles. The van der Waals surface area contributed by atoms with Crippen LogP contribution in [0, 0.1) is 18.6 Å². The van der Waals surface area contributed by atoms with Gasteiger partial charge in [-0.2, -0.15) is 0 Å². The molecule has 0 aromatic heterocycles. The fourth-order valence-electron chi connectivity index (χ4n) is 1.94. The summed E-state index contributed by atoms with van der Waals surface area (Å²) >= 11 is 0. The number of halogens is 2. The van der Waals surface area contributed by atoms with Gasteiger partial charge in [0, 0.05) is 5.56 Å². The summed E-state index contributed by atoms with van der Waals surface area (Å²) in [5.41, 5.74) is 0.0142. The maximum Gasteiger partial charge on any atom is 0.129 e. The van der Waals surface area contributed by atoms with Crippen LogP contribution >= 0.6 is 0 Å². The summed E-state index contributed by atoms with van der Waals surface area (Å²) in [6, 6.07) is 9.96. The van der Waals surface area contributed by atoms with E-state index in [9.17, 15) is 13.9 Å². The van der Waals surface area contributed by atoms with E-state index in [-0.39, 0.29) is 11.4 Å². The van der Waals surface area contributed by atoms with Crippen LogP contribution in [-0.4, -0.2) is 5.11 Å². The second-order valence-corrected chi connectivity index (χ2v) is 4.56. The van der Waals surface area contributed by atoms with Crippen LogP contribution in [0.15, 0.2) is 42.5 Å². The molecule has 1 atom stereocenters. The Bertz CT molecular complexity index is 559. The number of hydrogen-bond donors (Lipinski definition) is 1. The first-order chi connectivity index (χ1) is 8.41. The van der Waals surface area contributed by atoms with E-state index in [0.717, 1.165) is 5.56 Å². The molecule has 0 aliphatic rings. The average molecular weight is 248 g/mol. The third-order valence-corrected chi connectivity index (χ3v) is 3.05. The fourth-order valence-corrected chi connectivity index (χ4v) is 1.94. The van der Waals surface area contributed by atoms with Crippen molar-refractivity contribution in [3.8, 4) is 0 Å². The van der Waals surface area contributed by atoms with Gasteiger partial charge in [0.2, 0.25) is 0 Å². The molecule has 0 fully saturated rings. The molecule has 0 saturated heterocycles. The van der Waals surface area contributed by atoms with Crippen molar-refractivity contribution in [2.45, 2.75) is 19.4 Å². The summed E-state index contributed by atoms with van der Waals surface area (Å²) < 4.78 is 26.7. The largest absolute Gasteiger partial charge is 0.381 e. The molecule has 0 bridgehead atoms. The van der Waals surface area contributed by atoms with Crippen LogP contribution in [0.25, 0.3) is 0 Å². The van der Waals surface area contributed by atoms with Crippen LogP contribution in [0.2, 0.25) is 0 Å². The van der Waals surface area contributed by atoms with Crippen LogP contribution in [0.5, 0.6) is 0 Å². The molecule has 3 heteroatoms. The first-order valence-corrected chi connectivity index (χ1v) is 5.66. The zero-order valence-electron chi connectivity index (χ0n) is 10.2. The molecule has 2 aromatic carbocycles. The van der Waals surface area contributed by atoms with Gasteiger partial charge in [0.15, 0.2) is 0 Å². The Morgan fingerprint density at radius 3 is 2.22 bits per heavy atom. The van der Waals surface area contributed by atoms with Gasteiger partial charge in [-0.1, -0.05) is 23.8 Å². The third kappa shape index (κ3) is 2.27. The van der Waals surface area contributed by atoms with E-state index in [1.165, 1.54) is 37.3 Å². The van der Waals surface area contributed by atoms with Crippen molar-refractivity contribution in [3.63, 3.8) is 0 Å². The number of rotatable bonds is 2. The van der Waals surface area contributed by atoms with E-state index < -0.39 is 11.4 Å². The second-order valence-electron chi connectivity index (χ2n) is 4.56. The van der Waals surface area contributed by atoms with E-state index in [0.29, 0.717) is 5.56 Å². The molecule has 1 N–H and O–H groups in total. The molecule has 1 nitrogen and oxygen atoms in total. The monoisotopic (exact) mass is 248 g/mol. The highest BCUT2D eigenvalue weighted by atomic mass is 19.1. The van der Waals surface area contributed by atoms with Crippen LogP contribution in [0.4, 0.5) is 8.78 Å². The summed E-state index contributed by atoms with van der Waals surface area (Å²) in [5.74, 6) is -0.866. The molecule has 94 valence electrons. The zero-order valence-corrected chi connectivity index (χ0v) is 10.2. The van der Waals surface area contributed by atoms with E-state index in [1.54, 1.807) is 12.1 Å².